The molecule has 0 heterocycles. The van der Waals surface area contributed by atoms with E-state index in [9.17, 15) is 9.59 Å². The summed E-state index contributed by atoms with van der Waals surface area (Å²) in [6.07, 6.45) is 8.91. The molecule has 0 spiro atoms. The molecule has 0 saturated carbocycles. The number of unbranched alkanes of at least 4 members (excludes halogenated alkanes) is 7. The van der Waals surface area contributed by atoms with E-state index in [1.54, 1.807) is 0 Å². The number of hydrogen-bond acceptors (Lipinski definition) is 4. The Bertz CT molecular complexity index is 234. The summed E-state index contributed by atoms with van der Waals surface area (Å²) >= 11 is 6.10. The molecule has 0 amide bonds. The van der Waals surface area contributed by atoms with E-state index >= 15 is 0 Å². The highest BCUT2D eigenvalue weighted by Crippen LogP contribution is 2.09. The van der Waals surface area contributed by atoms with E-state index in [2.05, 4.69) is 31.9 Å². The fourth-order valence-corrected chi connectivity index (χ4v) is 2.04. The van der Waals surface area contributed by atoms with Crippen LogP contribution < -0.4 is 0 Å². The van der Waals surface area contributed by atoms with Gasteiger partial charge in [0.1, 0.15) is 10.7 Å². The zero-order valence-corrected chi connectivity index (χ0v) is 15.0. The molecule has 0 aliphatic heterocycles. The molecule has 0 saturated heterocycles. The Hall–Kier alpha value is -0.100. The molecule has 0 aromatic rings. The second kappa shape index (κ2) is 15.3. The van der Waals surface area contributed by atoms with Crippen LogP contribution in [0, 0.1) is 0 Å². The molecule has 0 fully saturated rings. The van der Waals surface area contributed by atoms with Crippen molar-refractivity contribution in [2.24, 2.45) is 0 Å². The van der Waals surface area contributed by atoms with Crippen molar-refractivity contribution in [2.75, 3.05) is 23.9 Å². The monoisotopic (exact) mass is 414 g/mol. The molecule has 6 heteroatoms. The highest BCUT2D eigenvalue weighted by Gasteiger charge is 1.99. The standard InChI is InChI=1S/C14H24Br2O4/c15-11-13(17)19-9-7-5-3-1-2-4-6-8-10-20-14(18)12-16/h1-12H2. The molecule has 118 valence electrons. The molecule has 0 aromatic heterocycles. The van der Waals surface area contributed by atoms with E-state index in [1.807, 2.05) is 0 Å². The van der Waals surface area contributed by atoms with Crippen LogP contribution in [0.4, 0.5) is 0 Å². The Morgan fingerprint density at radius 3 is 1.20 bits per heavy atom. The Labute approximate surface area is 138 Å². The summed E-state index contributed by atoms with van der Waals surface area (Å²) in [6.45, 7) is 1.06. The largest absolute Gasteiger partial charge is 0.465 e. The molecular weight excluding hydrogens is 392 g/mol. The number of esters is 2. The quantitative estimate of drug-likeness (QED) is 0.259. The smallest absolute Gasteiger partial charge is 0.316 e. The second-order valence-electron chi connectivity index (χ2n) is 4.54. The van der Waals surface area contributed by atoms with Crippen LogP contribution in [-0.4, -0.2) is 35.8 Å². The van der Waals surface area contributed by atoms with Gasteiger partial charge in [-0.15, -0.1) is 0 Å². The number of alkyl halides is 2. The Balaban J connectivity index is 3.06. The Morgan fingerprint density at radius 2 is 0.900 bits per heavy atom. The molecule has 0 radical (unpaired) electrons. The Morgan fingerprint density at radius 1 is 0.600 bits per heavy atom. The average molecular weight is 416 g/mol. The fraction of sp³-hybridized carbons (Fsp3) is 0.857. The Kier molecular flexibility index (Phi) is 15.2. The van der Waals surface area contributed by atoms with E-state index in [1.165, 1.54) is 25.7 Å². The topological polar surface area (TPSA) is 52.6 Å². The first-order valence-electron chi connectivity index (χ1n) is 7.14. The summed E-state index contributed by atoms with van der Waals surface area (Å²) in [5.41, 5.74) is 0. The lowest BCUT2D eigenvalue weighted by Crippen LogP contribution is -2.06. The lowest BCUT2D eigenvalue weighted by Gasteiger charge is -2.04. The number of halogens is 2. The molecule has 0 aromatic carbocycles. The number of carbonyl (C=O) groups excluding carboxylic acids is 2. The predicted molar refractivity (Wildman–Crippen MR) is 86.4 cm³/mol. The maximum atomic E-state index is 10.8. The van der Waals surface area contributed by atoms with Crippen LogP contribution in [0.15, 0.2) is 0 Å². The summed E-state index contributed by atoms with van der Waals surface area (Å²) in [4.78, 5) is 21.7. The number of carbonyl (C=O) groups is 2. The van der Waals surface area contributed by atoms with Crippen molar-refractivity contribution in [3.05, 3.63) is 0 Å². The summed E-state index contributed by atoms with van der Waals surface area (Å²) in [5.74, 6) is -0.379. The van der Waals surface area contributed by atoms with E-state index in [0.717, 1.165) is 25.7 Å². The van der Waals surface area contributed by atoms with Gasteiger partial charge >= 0.3 is 11.9 Å². The van der Waals surface area contributed by atoms with Gasteiger partial charge in [0.15, 0.2) is 0 Å². The lowest BCUT2D eigenvalue weighted by atomic mass is 10.1. The molecule has 0 atom stereocenters. The van der Waals surface area contributed by atoms with Crippen molar-refractivity contribution in [1.29, 1.82) is 0 Å². The molecule has 0 bridgehead atoms. The summed E-state index contributed by atoms with van der Waals surface area (Å²) in [5, 5.41) is 0.551. The van der Waals surface area contributed by atoms with Crippen LogP contribution in [0.3, 0.4) is 0 Å². The van der Waals surface area contributed by atoms with Gasteiger partial charge in [-0.1, -0.05) is 70.4 Å². The second-order valence-corrected chi connectivity index (χ2v) is 5.66. The zero-order chi connectivity index (χ0) is 15.1. The molecule has 0 unspecified atom stereocenters. The van der Waals surface area contributed by atoms with Crippen LogP contribution in [0.25, 0.3) is 0 Å². The van der Waals surface area contributed by atoms with Gasteiger partial charge < -0.3 is 9.47 Å². The SMILES string of the molecule is O=C(CBr)OCCCCCCCCCCOC(=O)CBr. The summed E-state index contributed by atoms with van der Waals surface area (Å²) < 4.78 is 9.92. The summed E-state index contributed by atoms with van der Waals surface area (Å²) in [7, 11) is 0. The first-order valence-corrected chi connectivity index (χ1v) is 9.38. The van der Waals surface area contributed by atoms with Gasteiger partial charge in [0.25, 0.3) is 0 Å². The zero-order valence-electron chi connectivity index (χ0n) is 11.9. The van der Waals surface area contributed by atoms with E-state index in [0.29, 0.717) is 13.2 Å². The normalized spacial score (nSPS) is 10.3. The van der Waals surface area contributed by atoms with Crippen molar-refractivity contribution >= 4 is 43.8 Å². The predicted octanol–water partition coefficient (Wildman–Crippen LogP) is 3.98. The van der Waals surface area contributed by atoms with Gasteiger partial charge in [-0.05, 0) is 12.8 Å². The van der Waals surface area contributed by atoms with E-state index in [4.69, 9.17) is 9.47 Å². The molecule has 4 nitrogen and oxygen atoms in total. The first-order chi connectivity index (χ1) is 9.70. The maximum Gasteiger partial charge on any atom is 0.316 e. The van der Waals surface area contributed by atoms with Gasteiger partial charge in [-0.3, -0.25) is 9.59 Å². The van der Waals surface area contributed by atoms with Gasteiger partial charge in [-0.2, -0.15) is 0 Å². The highest BCUT2D eigenvalue weighted by atomic mass is 79.9. The lowest BCUT2D eigenvalue weighted by molar-refractivity contribution is -0.141. The minimum atomic E-state index is -0.189. The number of rotatable bonds is 13. The van der Waals surface area contributed by atoms with E-state index in [-0.39, 0.29) is 22.6 Å². The van der Waals surface area contributed by atoms with Crippen LogP contribution >= 0.6 is 31.9 Å². The third-order valence-corrected chi connectivity index (χ3v) is 3.70. The molecule has 20 heavy (non-hydrogen) atoms. The van der Waals surface area contributed by atoms with Crippen molar-refractivity contribution in [1.82, 2.24) is 0 Å². The fourth-order valence-electron chi connectivity index (χ4n) is 1.71. The van der Waals surface area contributed by atoms with Crippen LogP contribution in [0.5, 0.6) is 0 Å². The van der Waals surface area contributed by atoms with Crippen molar-refractivity contribution in [3.8, 4) is 0 Å². The van der Waals surface area contributed by atoms with Crippen LogP contribution in [0.1, 0.15) is 51.4 Å². The van der Waals surface area contributed by atoms with Crippen LogP contribution in [0.2, 0.25) is 0 Å². The minimum Gasteiger partial charge on any atom is -0.465 e. The number of ether oxygens (including phenoxy) is 2. The molecule has 0 aliphatic carbocycles. The van der Waals surface area contributed by atoms with E-state index < -0.39 is 0 Å². The maximum absolute atomic E-state index is 10.8. The van der Waals surface area contributed by atoms with Crippen molar-refractivity contribution in [3.63, 3.8) is 0 Å². The molecular formula is C14H24Br2O4. The van der Waals surface area contributed by atoms with Gasteiger partial charge in [-0.25, -0.2) is 0 Å². The molecule has 0 N–H and O–H groups in total. The third kappa shape index (κ3) is 14.3. The molecule has 0 rings (SSSR count). The third-order valence-electron chi connectivity index (χ3n) is 2.78. The highest BCUT2D eigenvalue weighted by molar-refractivity contribution is 9.09. The van der Waals surface area contributed by atoms with Crippen LogP contribution in [-0.2, 0) is 19.1 Å². The molecule has 0 aliphatic rings. The summed E-state index contributed by atoms with van der Waals surface area (Å²) in [6, 6.07) is 0. The van der Waals surface area contributed by atoms with Gasteiger partial charge in [0, 0.05) is 0 Å². The van der Waals surface area contributed by atoms with Crippen molar-refractivity contribution in [2.45, 2.75) is 51.4 Å². The average Bonchev–Trinajstić information content (AvgIpc) is 2.47. The number of hydrogen-bond donors (Lipinski definition) is 0. The first kappa shape index (κ1) is 19.9. The van der Waals surface area contributed by atoms with Crippen molar-refractivity contribution < 1.29 is 19.1 Å². The minimum absolute atomic E-state index is 0.189. The van der Waals surface area contributed by atoms with Gasteiger partial charge in [0.05, 0.1) is 13.2 Å². The van der Waals surface area contributed by atoms with Gasteiger partial charge in [0.2, 0.25) is 0 Å².